The van der Waals surface area contributed by atoms with Gasteiger partial charge in [-0.1, -0.05) is 18.2 Å². The van der Waals surface area contributed by atoms with Gasteiger partial charge in [-0.3, -0.25) is 4.79 Å². The van der Waals surface area contributed by atoms with Gasteiger partial charge in [0.05, 0.1) is 15.0 Å². The van der Waals surface area contributed by atoms with Gasteiger partial charge in [-0.25, -0.2) is 17.3 Å². The Hall–Kier alpha value is -2.63. The van der Waals surface area contributed by atoms with Crippen LogP contribution in [0.4, 0.5) is 8.78 Å². The fourth-order valence-corrected chi connectivity index (χ4v) is 6.09. The second kappa shape index (κ2) is 8.80. The van der Waals surface area contributed by atoms with Gasteiger partial charge in [0.25, 0.3) is 15.9 Å². The van der Waals surface area contributed by atoms with Gasteiger partial charge < -0.3 is 4.74 Å². The summed E-state index contributed by atoms with van der Waals surface area (Å²) < 4.78 is 67.9. The Kier molecular flexibility index (Phi) is 6.40. The Morgan fingerprint density at radius 1 is 1.00 bits per heavy atom. The molecule has 6 nitrogen and oxygen atoms in total. The largest absolute Gasteiger partial charge is 0.435 e. The Labute approximate surface area is 171 Å². The minimum Gasteiger partial charge on any atom is -0.435 e. The molecule has 1 N–H and O–H groups in total. The molecule has 1 heterocycles. The lowest BCUT2D eigenvalue weighted by Crippen LogP contribution is -2.30. The highest BCUT2D eigenvalue weighted by Gasteiger charge is 2.22. The second-order valence-corrected chi connectivity index (χ2v) is 10.2. The van der Waals surface area contributed by atoms with Crippen LogP contribution in [0.25, 0.3) is 0 Å². The molecule has 3 rings (SSSR count). The number of hydrogen-bond acceptors (Lipinski definition) is 6. The normalized spacial score (nSPS) is 12.5. The van der Waals surface area contributed by atoms with Crippen molar-refractivity contribution in [3.8, 4) is 5.75 Å². The summed E-state index contributed by atoms with van der Waals surface area (Å²) in [6.07, 6.45) is 0. The fourth-order valence-electron chi connectivity index (χ4n) is 2.23. The van der Waals surface area contributed by atoms with Crippen LogP contribution in [0.2, 0.25) is 0 Å². The molecule has 29 heavy (non-hydrogen) atoms. The molecule has 0 radical (unpaired) electrons. The molecule has 0 saturated carbocycles. The van der Waals surface area contributed by atoms with Crippen LogP contribution in [-0.4, -0.2) is 25.1 Å². The van der Waals surface area contributed by atoms with Gasteiger partial charge in [-0.15, -0.1) is 11.3 Å². The van der Waals surface area contributed by atoms with E-state index < -0.39 is 33.3 Å². The van der Waals surface area contributed by atoms with Crippen LogP contribution < -0.4 is 9.46 Å². The first-order chi connectivity index (χ1) is 13.8. The van der Waals surface area contributed by atoms with Crippen molar-refractivity contribution in [3.05, 3.63) is 72.3 Å². The van der Waals surface area contributed by atoms with E-state index >= 15 is 0 Å². The molecule has 3 aromatic rings. The number of hydrogen-bond donors (Lipinski definition) is 1. The summed E-state index contributed by atoms with van der Waals surface area (Å²) in [5, 5.41) is 0. The molecular formula is C18H13F2NO5S3. The number of nitrogens with one attached hydrogen (secondary N) is 1. The lowest BCUT2D eigenvalue weighted by atomic mass is 10.2. The number of ether oxygens (including phenoxy) is 1. The van der Waals surface area contributed by atoms with Crippen LogP contribution in [0.3, 0.4) is 0 Å². The molecule has 152 valence electrons. The number of alkyl halides is 2. The van der Waals surface area contributed by atoms with Gasteiger partial charge in [0.15, 0.2) is 0 Å². The van der Waals surface area contributed by atoms with Crippen LogP contribution in [0.5, 0.6) is 5.75 Å². The zero-order valence-corrected chi connectivity index (χ0v) is 16.9. The van der Waals surface area contributed by atoms with E-state index in [1.165, 1.54) is 12.1 Å². The zero-order chi connectivity index (χ0) is 21.0. The first kappa shape index (κ1) is 21.1. The zero-order valence-electron chi connectivity index (χ0n) is 14.5. The quantitative estimate of drug-likeness (QED) is 0.585. The number of rotatable bonds is 7. The molecule has 11 heteroatoms. The number of thiophene rings is 1. The molecule has 1 amide bonds. The van der Waals surface area contributed by atoms with Crippen LogP contribution in [-0.2, 0) is 20.8 Å². The fraction of sp³-hybridized carbons (Fsp3) is 0.0556. The molecule has 2 aromatic carbocycles. The standard InChI is InChI=1S/C18H13F2NO5S3/c19-18(20)26-13-8-6-12(7-9-13)17(22)21-29(24,25)16-11-10-15(27-16)28(23)14-4-2-1-3-5-14/h1-11,18H,(H,21,22). The highest BCUT2D eigenvalue weighted by Crippen LogP contribution is 2.27. The predicted octanol–water partition coefficient (Wildman–Crippen LogP) is 3.63. The van der Waals surface area contributed by atoms with Gasteiger partial charge in [0.1, 0.15) is 9.96 Å². The van der Waals surface area contributed by atoms with Gasteiger partial charge in [0.2, 0.25) is 0 Å². The highest BCUT2D eigenvalue weighted by molar-refractivity contribution is 7.93. The summed E-state index contributed by atoms with van der Waals surface area (Å²) >= 11 is 0.783. The monoisotopic (exact) mass is 457 g/mol. The topological polar surface area (TPSA) is 89.5 Å². The summed E-state index contributed by atoms with van der Waals surface area (Å²) in [6.45, 7) is -3.01. The molecule has 0 aliphatic rings. The number of benzene rings is 2. The predicted molar refractivity (Wildman–Crippen MR) is 103 cm³/mol. The van der Waals surface area contributed by atoms with Gasteiger partial charge in [-0.05, 0) is 48.5 Å². The summed E-state index contributed by atoms with van der Waals surface area (Å²) in [4.78, 5) is 12.7. The van der Waals surface area contributed by atoms with Crippen molar-refractivity contribution in [3.63, 3.8) is 0 Å². The molecular weight excluding hydrogens is 444 g/mol. The molecule has 0 aliphatic carbocycles. The molecule has 0 bridgehead atoms. The Morgan fingerprint density at radius 2 is 1.66 bits per heavy atom. The maximum Gasteiger partial charge on any atom is 0.387 e. The Morgan fingerprint density at radius 3 is 2.28 bits per heavy atom. The van der Waals surface area contributed by atoms with Crippen molar-refractivity contribution in [1.82, 2.24) is 4.72 Å². The smallest absolute Gasteiger partial charge is 0.387 e. The van der Waals surface area contributed by atoms with Gasteiger partial charge >= 0.3 is 6.61 Å². The first-order valence-corrected chi connectivity index (χ1v) is 11.4. The van der Waals surface area contributed by atoms with Crippen LogP contribution >= 0.6 is 11.3 Å². The SMILES string of the molecule is O=C(NS(=O)(=O)c1ccc(S(=O)c2ccccc2)s1)c1ccc(OC(F)F)cc1. The van der Waals surface area contributed by atoms with Crippen LogP contribution in [0.1, 0.15) is 10.4 Å². The van der Waals surface area contributed by atoms with Crippen LogP contribution in [0.15, 0.2) is 80.0 Å². The lowest BCUT2D eigenvalue weighted by Gasteiger charge is -2.07. The Balaban J connectivity index is 1.73. The average Bonchev–Trinajstić information content (AvgIpc) is 3.19. The van der Waals surface area contributed by atoms with Crippen molar-refractivity contribution in [2.75, 3.05) is 0 Å². The van der Waals surface area contributed by atoms with E-state index in [9.17, 15) is 26.2 Å². The summed E-state index contributed by atoms with van der Waals surface area (Å²) in [7, 11) is -5.75. The third kappa shape index (κ3) is 5.25. The molecule has 1 aromatic heterocycles. The number of sulfonamides is 1. The lowest BCUT2D eigenvalue weighted by molar-refractivity contribution is -0.0498. The number of amides is 1. The van der Waals surface area contributed by atoms with E-state index in [-0.39, 0.29) is 15.5 Å². The summed E-state index contributed by atoms with van der Waals surface area (Å²) in [5.74, 6) is -1.10. The minimum absolute atomic E-state index is 0.0557. The molecule has 0 fully saturated rings. The number of carbonyl (C=O) groups is 1. The van der Waals surface area contributed by atoms with Gasteiger partial charge in [-0.2, -0.15) is 8.78 Å². The maximum atomic E-state index is 12.5. The summed E-state index contributed by atoms with van der Waals surface area (Å²) in [6, 6.07) is 15.8. The van der Waals surface area contributed by atoms with E-state index in [2.05, 4.69) is 4.74 Å². The molecule has 1 unspecified atom stereocenters. The average molecular weight is 458 g/mol. The van der Waals surface area contributed by atoms with E-state index in [0.29, 0.717) is 9.10 Å². The molecule has 0 spiro atoms. The molecule has 1 atom stereocenters. The minimum atomic E-state index is -4.20. The van der Waals surface area contributed by atoms with E-state index in [0.717, 1.165) is 35.6 Å². The molecule has 0 saturated heterocycles. The van der Waals surface area contributed by atoms with Crippen molar-refractivity contribution in [1.29, 1.82) is 0 Å². The van der Waals surface area contributed by atoms with E-state index in [1.54, 1.807) is 30.3 Å². The highest BCUT2D eigenvalue weighted by atomic mass is 32.3. The van der Waals surface area contributed by atoms with Crippen molar-refractivity contribution >= 4 is 38.1 Å². The third-order valence-electron chi connectivity index (χ3n) is 3.53. The first-order valence-electron chi connectivity index (χ1n) is 7.95. The Bertz CT molecular complexity index is 1130. The van der Waals surface area contributed by atoms with E-state index in [1.807, 2.05) is 4.72 Å². The third-order valence-corrected chi connectivity index (χ3v) is 8.14. The summed E-state index contributed by atoms with van der Waals surface area (Å²) in [5.41, 5.74) is -0.0557. The van der Waals surface area contributed by atoms with Crippen molar-refractivity contribution in [2.45, 2.75) is 19.9 Å². The molecule has 0 aliphatic heterocycles. The maximum absolute atomic E-state index is 12.5. The van der Waals surface area contributed by atoms with Crippen molar-refractivity contribution < 1.29 is 30.9 Å². The van der Waals surface area contributed by atoms with Crippen molar-refractivity contribution in [2.24, 2.45) is 0 Å². The number of halogens is 2. The second-order valence-electron chi connectivity index (χ2n) is 5.49. The van der Waals surface area contributed by atoms with Gasteiger partial charge in [0, 0.05) is 10.5 Å². The van der Waals surface area contributed by atoms with Crippen LogP contribution in [0, 0.1) is 0 Å². The van der Waals surface area contributed by atoms with E-state index in [4.69, 9.17) is 0 Å². The number of carbonyl (C=O) groups excluding carboxylic acids is 1.